The molecule has 0 atom stereocenters. The van der Waals surface area contributed by atoms with Crippen LogP contribution in [0.25, 0.3) is 22.1 Å². The van der Waals surface area contributed by atoms with Crippen LogP contribution in [0.3, 0.4) is 0 Å². The molecule has 0 amide bonds. The second-order valence-electron chi connectivity index (χ2n) is 6.57. The molecule has 7 heteroatoms. The summed E-state index contributed by atoms with van der Waals surface area (Å²) in [5.74, 6) is 7.34. The van der Waals surface area contributed by atoms with Crippen molar-refractivity contribution in [1.82, 2.24) is 25.1 Å². The first-order chi connectivity index (χ1) is 12.1. The molecule has 3 N–H and O–H groups in total. The third-order valence-corrected chi connectivity index (χ3v) is 4.62. The molecule has 0 aliphatic heterocycles. The Labute approximate surface area is 142 Å². The van der Waals surface area contributed by atoms with Crippen LogP contribution in [-0.2, 0) is 5.41 Å². The van der Waals surface area contributed by atoms with Crippen LogP contribution in [0.15, 0.2) is 28.9 Å². The van der Waals surface area contributed by atoms with E-state index >= 15 is 0 Å². The Morgan fingerprint density at radius 3 is 2.96 bits per heavy atom. The molecule has 5 rings (SSSR count). The molecule has 1 aromatic carbocycles. The van der Waals surface area contributed by atoms with Crippen molar-refractivity contribution in [3.05, 3.63) is 41.7 Å². The Morgan fingerprint density at radius 1 is 1.24 bits per heavy atom. The average molecular weight is 330 g/mol. The van der Waals surface area contributed by atoms with Gasteiger partial charge in [0.15, 0.2) is 11.2 Å². The highest BCUT2D eigenvalue weighted by atomic mass is 16.3. The molecule has 1 aliphatic carbocycles. The quantitative estimate of drug-likeness (QED) is 0.519. The molecule has 1 fully saturated rings. The van der Waals surface area contributed by atoms with Crippen LogP contribution >= 0.6 is 0 Å². The van der Waals surface area contributed by atoms with Gasteiger partial charge >= 0.3 is 0 Å². The van der Waals surface area contributed by atoms with Crippen LogP contribution < -0.4 is 5.73 Å². The van der Waals surface area contributed by atoms with Crippen molar-refractivity contribution in [2.45, 2.75) is 25.2 Å². The molecule has 3 aromatic heterocycles. The summed E-state index contributed by atoms with van der Waals surface area (Å²) in [4.78, 5) is 12.7. The number of anilines is 1. The lowest BCUT2D eigenvalue weighted by molar-refractivity contribution is 0.477. The summed E-state index contributed by atoms with van der Waals surface area (Å²) in [5, 5.41) is 7.59. The largest absolute Gasteiger partial charge is 0.440 e. The second kappa shape index (κ2) is 4.80. The lowest BCUT2D eigenvalue weighted by Crippen LogP contribution is -1.98. The van der Waals surface area contributed by atoms with Crippen molar-refractivity contribution in [2.75, 3.05) is 5.73 Å². The van der Waals surface area contributed by atoms with Crippen molar-refractivity contribution in [1.29, 1.82) is 0 Å². The third kappa shape index (κ3) is 2.22. The van der Waals surface area contributed by atoms with Crippen molar-refractivity contribution in [2.24, 2.45) is 0 Å². The van der Waals surface area contributed by atoms with E-state index in [0.29, 0.717) is 22.5 Å². The van der Waals surface area contributed by atoms with E-state index in [1.165, 1.54) is 6.33 Å². The fraction of sp³-hybridized carbons (Fsp3) is 0.222. The smallest absolute Gasteiger partial charge is 0.201 e. The van der Waals surface area contributed by atoms with Crippen LogP contribution in [0.4, 0.5) is 5.82 Å². The van der Waals surface area contributed by atoms with E-state index in [-0.39, 0.29) is 5.41 Å². The van der Waals surface area contributed by atoms with Gasteiger partial charge in [-0.05, 0) is 37.0 Å². The summed E-state index contributed by atoms with van der Waals surface area (Å²) < 4.78 is 5.87. The number of nitrogens with zero attached hydrogens (tertiary/aromatic N) is 4. The minimum atomic E-state index is 0.108. The van der Waals surface area contributed by atoms with Crippen molar-refractivity contribution in [3.63, 3.8) is 0 Å². The molecular weight excluding hydrogens is 316 g/mol. The number of nitrogens with two attached hydrogens (primary N) is 1. The van der Waals surface area contributed by atoms with Gasteiger partial charge in [0.05, 0.1) is 5.39 Å². The molecule has 1 saturated carbocycles. The maximum Gasteiger partial charge on any atom is 0.201 e. The van der Waals surface area contributed by atoms with Crippen LogP contribution in [0.5, 0.6) is 0 Å². The Balaban J connectivity index is 1.55. The molecule has 0 radical (unpaired) electrons. The average Bonchev–Trinajstić information content (AvgIpc) is 3.06. The molecule has 0 bridgehead atoms. The maximum atomic E-state index is 5.89. The van der Waals surface area contributed by atoms with Gasteiger partial charge in [0.1, 0.15) is 23.4 Å². The van der Waals surface area contributed by atoms with Gasteiger partial charge in [0, 0.05) is 11.0 Å². The van der Waals surface area contributed by atoms with E-state index < -0.39 is 0 Å². The molecule has 7 nitrogen and oxygen atoms in total. The Morgan fingerprint density at radius 2 is 2.12 bits per heavy atom. The van der Waals surface area contributed by atoms with Gasteiger partial charge < -0.3 is 10.2 Å². The first-order valence-corrected chi connectivity index (χ1v) is 8.00. The van der Waals surface area contributed by atoms with Crippen molar-refractivity contribution >= 4 is 28.0 Å². The van der Waals surface area contributed by atoms with Gasteiger partial charge in [-0.3, -0.25) is 5.10 Å². The van der Waals surface area contributed by atoms with Gasteiger partial charge in [0.25, 0.3) is 0 Å². The zero-order valence-electron chi connectivity index (χ0n) is 13.5. The fourth-order valence-corrected chi connectivity index (χ4v) is 2.77. The van der Waals surface area contributed by atoms with E-state index in [4.69, 9.17) is 10.2 Å². The maximum absolute atomic E-state index is 5.89. The molecule has 3 heterocycles. The number of aromatic amines is 1. The normalized spacial score (nSPS) is 15.2. The number of benzene rings is 1. The van der Waals surface area contributed by atoms with Gasteiger partial charge in [-0.15, -0.1) is 0 Å². The fourth-order valence-electron chi connectivity index (χ4n) is 2.77. The van der Waals surface area contributed by atoms with E-state index in [2.05, 4.69) is 43.9 Å². The molecule has 25 heavy (non-hydrogen) atoms. The molecule has 4 aromatic rings. The van der Waals surface area contributed by atoms with Crippen LogP contribution in [0.1, 0.15) is 36.9 Å². The lowest BCUT2D eigenvalue weighted by atomic mass is 10.1. The molecule has 1 aliphatic rings. The molecular formula is C18H14N6O. The summed E-state index contributed by atoms with van der Waals surface area (Å²) in [6.07, 6.45) is 3.64. The highest BCUT2D eigenvalue weighted by Gasteiger charge is 2.43. The van der Waals surface area contributed by atoms with E-state index in [9.17, 15) is 0 Å². The number of nitrogens with one attached hydrogen (secondary N) is 1. The first-order valence-electron chi connectivity index (χ1n) is 8.00. The Bertz CT molecular complexity index is 1190. The van der Waals surface area contributed by atoms with Gasteiger partial charge in [-0.2, -0.15) is 5.10 Å². The zero-order valence-corrected chi connectivity index (χ0v) is 13.5. The van der Waals surface area contributed by atoms with Gasteiger partial charge in [-0.25, -0.2) is 15.0 Å². The predicted octanol–water partition coefficient (Wildman–Crippen LogP) is 2.53. The molecule has 0 saturated heterocycles. The number of hydrogen-bond acceptors (Lipinski definition) is 6. The number of fused-ring (bicyclic) bond motifs is 2. The summed E-state index contributed by atoms with van der Waals surface area (Å²) in [6.45, 7) is 2.17. The van der Waals surface area contributed by atoms with Crippen LogP contribution in [0, 0.1) is 11.8 Å². The number of oxazole rings is 1. The zero-order chi connectivity index (χ0) is 17.0. The topological polar surface area (TPSA) is 107 Å². The van der Waals surface area contributed by atoms with E-state index in [0.717, 1.165) is 35.4 Å². The number of aromatic nitrogens is 5. The minimum absolute atomic E-state index is 0.108. The number of H-pyrrole nitrogens is 1. The molecule has 0 spiro atoms. The summed E-state index contributed by atoms with van der Waals surface area (Å²) in [5.41, 5.74) is 9.56. The highest BCUT2D eigenvalue weighted by molar-refractivity contribution is 5.90. The standard InChI is InChI=1S/C18H14N6O/c1-18(6-7-18)17-22-12-8-10(3-5-13(12)25-17)2-4-11-14-15(19)20-9-21-16(14)24-23-11/h3,5,8-9H,6-7H2,1H3,(H3,19,20,21,23,24). The Hall–Kier alpha value is -3.40. The number of hydrogen-bond donors (Lipinski definition) is 2. The molecule has 122 valence electrons. The summed E-state index contributed by atoms with van der Waals surface area (Å²) in [6, 6.07) is 5.75. The van der Waals surface area contributed by atoms with Crippen LogP contribution in [-0.4, -0.2) is 25.1 Å². The van der Waals surface area contributed by atoms with Crippen LogP contribution in [0.2, 0.25) is 0 Å². The van der Waals surface area contributed by atoms with E-state index in [1.807, 2.05) is 18.2 Å². The third-order valence-electron chi connectivity index (χ3n) is 4.62. The lowest BCUT2D eigenvalue weighted by Gasteiger charge is -1.98. The second-order valence-corrected chi connectivity index (χ2v) is 6.57. The van der Waals surface area contributed by atoms with Gasteiger partial charge in [0.2, 0.25) is 5.89 Å². The predicted molar refractivity (Wildman–Crippen MR) is 92.7 cm³/mol. The number of nitrogen functional groups attached to an aromatic ring is 1. The van der Waals surface area contributed by atoms with Crippen molar-refractivity contribution < 1.29 is 4.42 Å². The molecule has 0 unspecified atom stereocenters. The summed E-state index contributed by atoms with van der Waals surface area (Å²) in [7, 11) is 0. The van der Waals surface area contributed by atoms with Gasteiger partial charge in [-0.1, -0.05) is 12.8 Å². The minimum Gasteiger partial charge on any atom is -0.440 e. The monoisotopic (exact) mass is 330 g/mol. The van der Waals surface area contributed by atoms with E-state index in [1.54, 1.807) is 0 Å². The highest BCUT2D eigenvalue weighted by Crippen LogP contribution is 2.47. The summed E-state index contributed by atoms with van der Waals surface area (Å²) >= 11 is 0. The Kier molecular flexibility index (Phi) is 2.69. The van der Waals surface area contributed by atoms with Crippen molar-refractivity contribution in [3.8, 4) is 11.8 Å². The first kappa shape index (κ1) is 14.0. The number of rotatable bonds is 1. The SMILES string of the molecule is CC1(c2nc3cc(C#Cc4[nH]nc5ncnc(N)c45)ccc3o2)CC1.